The fraction of sp³-hybridized carbons (Fsp3) is 0.545. The van der Waals surface area contributed by atoms with Gasteiger partial charge in [-0.3, -0.25) is 0 Å². The van der Waals surface area contributed by atoms with E-state index in [-0.39, 0.29) is 0 Å². The molecule has 0 aliphatic rings. The number of rotatable bonds is 4. The number of nitrogens with zero attached hydrogens (tertiary/aromatic N) is 1. The number of alkyl halides is 1. The van der Waals surface area contributed by atoms with Crippen molar-refractivity contribution in [3.05, 3.63) is 23.9 Å². The Kier molecular flexibility index (Phi) is 4.21. The summed E-state index contributed by atoms with van der Waals surface area (Å²) in [5.74, 6) is 2.04. The molecule has 2 nitrogen and oxygen atoms in total. The fourth-order valence-corrected chi connectivity index (χ4v) is 1.39. The summed E-state index contributed by atoms with van der Waals surface area (Å²) in [7, 11) is 0. The van der Waals surface area contributed by atoms with Gasteiger partial charge in [-0.05, 0) is 37.5 Å². The van der Waals surface area contributed by atoms with E-state index in [1.807, 2.05) is 18.3 Å². The predicted molar refractivity (Wildman–Crippen MR) is 61.9 cm³/mol. The van der Waals surface area contributed by atoms with E-state index in [2.05, 4.69) is 31.1 Å². The molecule has 0 aromatic carbocycles. The minimum Gasteiger partial charge on any atom is -0.367 e. The van der Waals surface area contributed by atoms with Crippen LogP contribution >= 0.6 is 11.6 Å². The molecule has 1 rings (SSSR count). The minimum atomic E-state index is 0.349. The number of hydrogen-bond donors (Lipinski definition) is 1. The van der Waals surface area contributed by atoms with Gasteiger partial charge in [0.05, 0.1) is 0 Å². The molecule has 0 saturated carbocycles. The van der Waals surface area contributed by atoms with Crippen molar-refractivity contribution in [1.82, 2.24) is 4.98 Å². The van der Waals surface area contributed by atoms with Crippen molar-refractivity contribution in [2.24, 2.45) is 5.92 Å². The van der Waals surface area contributed by atoms with Crippen molar-refractivity contribution in [1.29, 1.82) is 0 Å². The lowest BCUT2D eigenvalue weighted by Gasteiger charge is -2.19. The highest BCUT2D eigenvalue weighted by Gasteiger charge is 2.10. The Morgan fingerprint density at radius 2 is 2.21 bits per heavy atom. The molecule has 3 heteroatoms. The van der Waals surface area contributed by atoms with Gasteiger partial charge in [-0.25, -0.2) is 4.98 Å². The molecule has 0 bridgehead atoms. The first-order chi connectivity index (χ1) is 6.63. The molecular formula is C11H17ClN2. The Bertz CT molecular complexity index is 288. The van der Waals surface area contributed by atoms with Crippen LogP contribution < -0.4 is 5.32 Å². The van der Waals surface area contributed by atoms with Gasteiger partial charge in [0, 0.05) is 18.1 Å². The highest BCUT2D eigenvalue weighted by Crippen LogP contribution is 2.12. The fourth-order valence-electron chi connectivity index (χ4n) is 1.12. The Morgan fingerprint density at radius 1 is 1.50 bits per heavy atom. The van der Waals surface area contributed by atoms with Crippen LogP contribution in [0, 0.1) is 12.8 Å². The van der Waals surface area contributed by atoms with E-state index in [0.29, 0.717) is 17.8 Å². The number of aromatic nitrogens is 1. The summed E-state index contributed by atoms with van der Waals surface area (Å²) in [5.41, 5.74) is 1.22. The molecule has 0 spiro atoms. The number of hydrogen-bond acceptors (Lipinski definition) is 2. The molecule has 1 heterocycles. The average molecular weight is 213 g/mol. The van der Waals surface area contributed by atoms with E-state index in [9.17, 15) is 0 Å². The maximum atomic E-state index is 5.78. The molecule has 0 aliphatic carbocycles. The molecule has 14 heavy (non-hydrogen) atoms. The molecule has 1 aromatic heterocycles. The van der Waals surface area contributed by atoms with E-state index >= 15 is 0 Å². The minimum absolute atomic E-state index is 0.349. The summed E-state index contributed by atoms with van der Waals surface area (Å²) >= 11 is 5.78. The van der Waals surface area contributed by atoms with Gasteiger partial charge in [-0.15, -0.1) is 11.6 Å². The molecule has 1 N–H and O–H groups in total. The molecule has 78 valence electrons. The number of nitrogens with one attached hydrogen (secondary N) is 1. The summed E-state index contributed by atoms with van der Waals surface area (Å²) < 4.78 is 0. The molecule has 2 unspecified atom stereocenters. The lowest BCUT2D eigenvalue weighted by Crippen LogP contribution is -2.25. The van der Waals surface area contributed by atoms with Gasteiger partial charge < -0.3 is 5.32 Å². The van der Waals surface area contributed by atoms with Gasteiger partial charge in [0.15, 0.2) is 0 Å². The molecule has 0 amide bonds. The third kappa shape index (κ3) is 3.18. The summed E-state index contributed by atoms with van der Waals surface area (Å²) in [5, 5.41) is 3.34. The smallest absolute Gasteiger partial charge is 0.126 e. The molecule has 0 fully saturated rings. The monoisotopic (exact) mass is 212 g/mol. The van der Waals surface area contributed by atoms with E-state index in [1.165, 1.54) is 5.56 Å². The molecule has 0 radical (unpaired) electrons. The van der Waals surface area contributed by atoms with E-state index in [1.54, 1.807) is 0 Å². The Labute approximate surface area is 90.7 Å². The highest BCUT2D eigenvalue weighted by atomic mass is 35.5. The maximum Gasteiger partial charge on any atom is 0.126 e. The van der Waals surface area contributed by atoms with Crippen molar-refractivity contribution in [3.8, 4) is 0 Å². The van der Waals surface area contributed by atoms with Crippen molar-refractivity contribution in [2.45, 2.75) is 26.8 Å². The molecule has 0 aliphatic heterocycles. The zero-order chi connectivity index (χ0) is 10.6. The molecular weight excluding hydrogens is 196 g/mol. The third-order valence-electron chi connectivity index (χ3n) is 2.39. The topological polar surface area (TPSA) is 24.9 Å². The zero-order valence-corrected chi connectivity index (χ0v) is 9.67. The second kappa shape index (κ2) is 5.20. The first-order valence-corrected chi connectivity index (χ1v) is 5.42. The first kappa shape index (κ1) is 11.3. The van der Waals surface area contributed by atoms with E-state index in [4.69, 9.17) is 11.6 Å². The predicted octanol–water partition coefficient (Wildman–Crippen LogP) is 3.07. The Hall–Kier alpha value is -0.760. The molecule has 1 aromatic rings. The Balaban J connectivity index is 2.60. The number of anilines is 1. The van der Waals surface area contributed by atoms with Gasteiger partial charge in [-0.1, -0.05) is 6.92 Å². The van der Waals surface area contributed by atoms with Crippen LogP contribution in [-0.4, -0.2) is 16.9 Å². The molecule has 0 saturated heterocycles. The van der Waals surface area contributed by atoms with Crippen LogP contribution in [0.15, 0.2) is 18.3 Å². The first-order valence-electron chi connectivity index (χ1n) is 4.88. The Morgan fingerprint density at radius 3 is 2.79 bits per heavy atom. The van der Waals surface area contributed by atoms with Crippen molar-refractivity contribution in [3.63, 3.8) is 0 Å². The quantitative estimate of drug-likeness (QED) is 0.776. The van der Waals surface area contributed by atoms with Gasteiger partial charge in [0.25, 0.3) is 0 Å². The molecule has 2 atom stereocenters. The van der Waals surface area contributed by atoms with Crippen LogP contribution in [0.25, 0.3) is 0 Å². The summed E-state index contributed by atoms with van der Waals surface area (Å²) in [6.45, 7) is 6.31. The van der Waals surface area contributed by atoms with Gasteiger partial charge in [0.1, 0.15) is 5.82 Å². The number of halogens is 1. The SMILES string of the molecule is Cc1ccnc(NC(C)C(C)CCl)c1. The van der Waals surface area contributed by atoms with Crippen LogP contribution in [0.4, 0.5) is 5.82 Å². The van der Waals surface area contributed by atoms with Gasteiger partial charge in [0.2, 0.25) is 0 Å². The van der Waals surface area contributed by atoms with Crippen molar-refractivity contribution < 1.29 is 0 Å². The third-order valence-corrected chi connectivity index (χ3v) is 2.87. The lowest BCUT2D eigenvalue weighted by molar-refractivity contribution is 0.564. The summed E-state index contributed by atoms with van der Waals surface area (Å²) in [4.78, 5) is 4.24. The highest BCUT2D eigenvalue weighted by molar-refractivity contribution is 6.18. The van der Waals surface area contributed by atoms with Crippen molar-refractivity contribution >= 4 is 17.4 Å². The average Bonchev–Trinajstić information content (AvgIpc) is 2.16. The van der Waals surface area contributed by atoms with E-state index < -0.39 is 0 Å². The van der Waals surface area contributed by atoms with Crippen LogP contribution in [0.5, 0.6) is 0 Å². The largest absolute Gasteiger partial charge is 0.367 e. The van der Waals surface area contributed by atoms with Crippen LogP contribution in [0.1, 0.15) is 19.4 Å². The number of pyridine rings is 1. The van der Waals surface area contributed by atoms with Crippen molar-refractivity contribution in [2.75, 3.05) is 11.2 Å². The van der Waals surface area contributed by atoms with Gasteiger partial charge >= 0.3 is 0 Å². The second-order valence-corrected chi connectivity index (χ2v) is 4.09. The summed E-state index contributed by atoms with van der Waals surface area (Å²) in [6, 6.07) is 4.37. The number of aryl methyl sites for hydroxylation is 1. The van der Waals surface area contributed by atoms with E-state index in [0.717, 1.165) is 5.82 Å². The lowest BCUT2D eigenvalue weighted by atomic mass is 10.1. The standard InChI is InChI=1S/C11H17ClN2/c1-8-4-5-13-11(6-8)14-10(3)9(2)7-12/h4-6,9-10H,7H2,1-3H3,(H,13,14). The second-order valence-electron chi connectivity index (χ2n) is 3.78. The van der Waals surface area contributed by atoms with Crippen LogP contribution in [0.3, 0.4) is 0 Å². The van der Waals surface area contributed by atoms with Gasteiger partial charge in [-0.2, -0.15) is 0 Å². The summed E-state index contributed by atoms with van der Waals surface area (Å²) in [6.07, 6.45) is 1.82. The van der Waals surface area contributed by atoms with Crippen LogP contribution in [-0.2, 0) is 0 Å². The zero-order valence-electron chi connectivity index (χ0n) is 8.92. The normalized spacial score (nSPS) is 14.9. The maximum absolute atomic E-state index is 5.78. The van der Waals surface area contributed by atoms with Crippen LogP contribution in [0.2, 0.25) is 0 Å².